The molecular formula is C8H11N5. The van der Waals surface area contributed by atoms with Gasteiger partial charge in [0.25, 0.3) is 0 Å². The van der Waals surface area contributed by atoms with Gasteiger partial charge in [0, 0.05) is 12.7 Å². The van der Waals surface area contributed by atoms with Crippen LogP contribution in [0, 0.1) is 6.92 Å². The molecule has 2 aromatic rings. The smallest absolute Gasteiger partial charge is 0.172 e. The first kappa shape index (κ1) is 7.97. The van der Waals surface area contributed by atoms with E-state index in [1.54, 1.807) is 15.6 Å². The summed E-state index contributed by atoms with van der Waals surface area (Å²) in [6.45, 7) is 4.78. The second kappa shape index (κ2) is 3.01. The Morgan fingerprint density at radius 3 is 2.92 bits per heavy atom. The largest absolute Gasteiger partial charge is 0.228 e. The Balaban J connectivity index is 2.45. The van der Waals surface area contributed by atoms with Gasteiger partial charge in [-0.2, -0.15) is 5.10 Å². The van der Waals surface area contributed by atoms with E-state index in [1.807, 2.05) is 26.1 Å². The molecule has 0 saturated heterocycles. The molecule has 0 aliphatic heterocycles. The van der Waals surface area contributed by atoms with Gasteiger partial charge in [0.1, 0.15) is 0 Å². The van der Waals surface area contributed by atoms with Crippen LogP contribution in [0.1, 0.15) is 12.6 Å². The SMILES string of the molecule is CCn1nncc1-n1ccc(C)n1. The quantitative estimate of drug-likeness (QED) is 0.681. The van der Waals surface area contributed by atoms with Crippen LogP contribution in [0.15, 0.2) is 18.5 Å². The van der Waals surface area contributed by atoms with E-state index in [-0.39, 0.29) is 0 Å². The Hall–Kier alpha value is -1.65. The zero-order valence-corrected chi connectivity index (χ0v) is 7.68. The Labute approximate surface area is 76.0 Å². The summed E-state index contributed by atoms with van der Waals surface area (Å²) < 4.78 is 3.57. The van der Waals surface area contributed by atoms with E-state index in [2.05, 4.69) is 15.4 Å². The number of aromatic nitrogens is 5. The molecular weight excluding hydrogens is 166 g/mol. The minimum Gasteiger partial charge on any atom is -0.228 e. The number of hydrogen-bond donors (Lipinski definition) is 0. The molecule has 0 amide bonds. The molecule has 13 heavy (non-hydrogen) atoms. The van der Waals surface area contributed by atoms with Crippen LogP contribution >= 0.6 is 0 Å². The van der Waals surface area contributed by atoms with Crippen molar-refractivity contribution in [2.45, 2.75) is 20.4 Å². The third-order valence-electron chi connectivity index (χ3n) is 1.85. The van der Waals surface area contributed by atoms with Crippen molar-refractivity contribution < 1.29 is 0 Å². The maximum Gasteiger partial charge on any atom is 0.172 e. The van der Waals surface area contributed by atoms with Crippen LogP contribution in [-0.2, 0) is 6.54 Å². The van der Waals surface area contributed by atoms with Gasteiger partial charge in [-0.15, -0.1) is 5.10 Å². The van der Waals surface area contributed by atoms with Gasteiger partial charge in [0.15, 0.2) is 5.82 Å². The predicted octanol–water partition coefficient (Wildman–Crippen LogP) is 0.792. The number of nitrogens with zero attached hydrogens (tertiary/aromatic N) is 5. The third kappa shape index (κ3) is 1.32. The third-order valence-corrected chi connectivity index (χ3v) is 1.85. The summed E-state index contributed by atoms with van der Waals surface area (Å²) in [6.07, 6.45) is 3.61. The highest BCUT2D eigenvalue weighted by molar-refractivity contribution is 5.17. The van der Waals surface area contributed by atoms with E-state index in [4.69, 9.17) is 0 Å². The van der Waals surface area contributed by atoms with Gasteiger partial charge in [-0.25, -0.2) is 9.36 Å². The molecule has 0 radical (unpaired) electrons. The summed E-state index contributed by atoms with van der Waals surface area (Å²) in [5.74, 6) is 0.899. The molecule has 0 fully saturated rings. The minimum absolute atomic E-state index is 0.800. The predicted molar refractivity (Wildman–Crippen MR) is 47.6 cm³/mol. The second-order valence-corrected chi connectivity index (χ2v) is 2.81. The molecule has 0 aliphatic carbocycles. The van der Waals surface area contributed by atoms with Crippen LogP contribution in [-0.4, -0.2) is 24.8 Å². The first-order chi connectivity index (χ1) is 6.31. The molecule has 0 aliphatic rings. The zero-order valence-electron chi connectivity index (χ0n) is 7.68. The minimum atomic E-state index is 0.800. The Morgan fingerprint density at radius 2 is 2.31 bits per heavy atom. The summed E-state index contributed by atoms with van der Waals surface area (Å²) in [5.41, 5.74) is 0.990. The van der Waals surface area contributed by atoms with Gasteiger partial charge in [0.05, 0.1) is 11.9 Å². The Kier molecular flexibility index (Phi) is 1.84. The normalized spacial score (nSPS) is 10.6. The summed E-state index contributed by atoms with van der Waals surface area (Å²) in [7, 11) is 0. The van der Waals surface area contributed by atoms with Crippen molar-refractivity contribution in [3.8, 4) is 5.82 Å². The topological polar surface area (TPSA) is 48.5 Å². The van der Waals surface area contributed by atoms with Crippen molar-refractivity contribution in [3.63, 3.8) is 0 Å². The van der Waals surface area contributed by atoms with E-state index in [0.29, 0.717) is 0 Å². The van der Waals surface area contributed by atoms with E-state index < -0.39 is 0 Å². The Bertz CT molecular complexity index is 400. The van der Waals surface area contributed by atoms with E-state index in [0.717, 1.165) is 18.1 Å². The summed E-state index contributed by atoms with van der Waals surface area (Å²) in [6, 6.07) is 1.95. The van der Waals surface area contributed by atoms with E-state index in [9.17, 15) is 0 Å². The lowest BCUT2D eigenvalue weighted by atomic mass is 10.5. The van der Waals surface area contributed by atoms with Crippen molar-refractivity contribution >= 4 is 0 Å². The maximum atomic E-state index is 4.28. The van der Waals surface area contributed by atoms with Crippen molar-refractivity contribution in [2.75, 3.05) is 0 Å². The number of aryl methyl sites for hydroxylation is 2. The molecule has 0 saturated carbocycles. The van der Waals surface area contributed by atoms with E-state index >= 15 is 0 Å². The summed E-state index contributed by atoms with van der Waals surface area (Å²) >= 11 is 0. The highest BCUT2D eigenvalue weighted by Gasteiger charge is 2.04. The lowest BCUT2D eigenvalue weighted by Gasteiger charge is -2.01. The fourth-order valence-corrected chi connectivity index (χ4v) is 1.20. The lowest BCUT2D eigenvalue weighted by molar-refractivity contribution is 0.598. The van der Waals surface area contributed by atoms with Gasteiger partial charge in [-0.3, -0.25) is 0 Å². The van der Waals surface area contributed by atoms with Crippen LogP contribution in [0.4, 0.5) is 0 Å². The monoisotopic (exact) mass is 177 g/mol. The van der Waals surface area contributed by atoms with Crippen molar-refractivity contribution in [1.29, 1.82) is 0 Å². The van der Waals surface area contributed by atoms with Crippen molar-refractivity contribution in [3.05, 3.63) is 24.2 Å². The van der Waals surface area contributed by atoms with Crippen LogP contribution in [0.3, 0.4) is 0 Å². The van der Waals surface area contributed by atoms with Crippen LogP contribution in [0.5, 0.6) is 0 Å². The lowest BCUT2D eigenvalue weighted by Crippen LogP contribution is -2.06. The molecule has 0 unspecified atom stereocenters. The van der Waals surface area contributed by atoms with Crippen LogP contribution in [0.25, 0.3) is 5.82 Å². The summed E-state index contributed by atoms with van der Waals surface area (Å²) in [4.78, 5) is 0. The standard InChI is InChI=1S/C8H11N5/c1-3-12-8(6-9-11-12)13-5-4-7(2)10-13/h4-6H,3H2,1-2H3. The van der Waals surface area contributed by atoms with E-state index in [1.165, 1.54) is 0 Å². The van der Waals surface area contributed by atoms with Gasteiger partial charge in [0.2, 0.25) is 0 Å². The zero-order chi connectivity index (χ0) is 9.26. The second-order valence-electron chi connectivity index (χ2n) is 2.81. The first-order valence-corrected chi connectivity index (χ1v) is 4.22. The highest BCUT2D eigenvalue weighted by Crippen LogP contribution is 2.04. The highest BCUT2D eigenvalue weighted by atomic mass is 15.5. The molecule has 2 rings (SSSR count). The first-order valence-electron chi connectivity index (χ1n) is 4.22. The molecule has 0 spiro atoms. The average Bonchev–Trinajstić information content (AvgIpc) is 2.71. The van der Waals surface area contributed by atoms with Crippen LogP contribution in [0.2, 0.25) is 0 Å². The Morgan fingerprint density at radius 1 is 1.46 bits per heavy atom. The van der Waals surface area contributed by atoms with Crippen molar-refractivity contribution in [1.82, 2.24) is 24.8 Å². The van der Waals surface area contributed by atoms with Gasteiger partial charge in [-0.05, 0) is 19.9 Å². The van der Waals surface area contributed by atoms with Gasteiger partial charge in [-0.1, -0.05) is 5.21 Å². The molecule has 68 valence electrons. The maximum absolute atomic E-state index is 4.28. The molecule has 5 nitrogen and oxygen atoms in total. The molecule has 0 bridgehead atoms. The molecule has 5 heteroatoms. The molecule has 0 aromatic carbocycles. The van der Waals surface area contributed by atoms with Crippen LogP contribution < -0.4 is 0 Å². The number of hydrogen-bond acceptors (Lipinski definition) is 3. The summed E-state index contributed by atoms with van der Waals surface area (Å²) in [5, 5.41) is 12.0. The molecule has 2 aromatic heterocycles. The van der Waals surface area contributed by atoms with Gasteiger partial charge >= 0.3 is 0 Å². The molecule has 2 heterocycles. The average molecular weight is 177 g/mol. The fraction of sp³-hybridized carbons (Fsp3) is 0.375. The van der Waals surface area contributed by atoms with Crippen molar-refractivity contribution in [2.24, 2.45) is 0 Å². The molecule has 0 N–H and O–H groups in total. The molecule has 0 atom stereocenters. The number of rotatable bonds is 2. The fourth-order valence-electron chi connectivity index (χ4n) is 1.20. The van der Waals surface area contributed by atoms with Gasteiger partial charge < -0.3 is 0 Å².